The van der Waals surface area contributed by atoms with Crippen molar-refractivity contribution in [3.05, 3.63) is 84.4 Å². The SMILES string of the molecule is CN(C)CCCN(C(=O)c1ccc(S(=O)(=O)N(C)c2ccccc2)cc1)c1nc2ccccc2s1. The summed E-state index contributed by atoms with van der Waals surface area (Å²) in [5, 5.41) is 0.635. The Kier molecular flexibility index (Phi) is 7.49. The predicted molar refractivity (Wildman–Crippen MR) is 143 cm³/mol. The van der Waals surface area contributed by atoms with Crippen molar-refractivity contribution in [2.45, 2.75) is 11.3 Å². The summed E-state index contributed by atoms with van der Waals surface area (Å²) >= 11 is 1.47. The second-order valence-electron chi connectivity index (χ2n) is 8.41. The van der Waals surface area contributed by atoms with Gasteiger partial charge in [-0.25, -0.2) is 13.4 Å². The van der Waals surface area contributed by atoms with Crippen molar-refractivity contribution in [1.82, 2.24) is 9.88 Å². The van der Waals surface area contributed by atoms with Crippen molar-refractivity contribution in [3.63, 3.8) is 0 Å². The van der Waals surface area contributed by atoms with Gasteiger partial charge in [0.15, 0.2) is 5.13 Å². The van der Waals surface area contributed by atoms with E-state index in [1.54, 1.807) is 41.3 Å². The lowest BCUT2D eigenvalue weighted by Gasteiger charge is -2.22. The minimum atomic E-state index is -3.76. The minimum absolute atomic E-state index is 0.125. The summed E-state index contributed by atoms with van der Waals surface area (Å²) in [5.41, 5.74) is 1.83. The molecule has 0 fully saturated rings. The van der Waals surface area contributed by atoms with Crippen LogP contribution in [0, 0.1) is 0 Å². The molecule has 0 atom stereocenters. The van der Waals surface area contributed by atoms with Gasteiger partial charge in [0.1, 0.15) is 0 Å². The lowest BCUT2D eigenvalue weighted by atomic mass is 10.2. The summed E-state index contributed by atoms with van der Waals surface area (Å²) in [4.78, 5) is 22.1. The Labute approximate surface area is 210 Å². The molecule has 3 aromatic carbocycles. The number of benzene rings is 3. The van der Waals surface area contributed by atoms with Crippen LogP contribution in [-0.4, -0.2) is 58.4 Å². The lowest BCUT2D eigenvalue weighted by Crippen LogP contribution is -2.33. The molecule has 0 aliphatic heterocycles. The van der Waals surface area contributed by atoms with E-state index in [0.717, 1.165) is 23.2 Å². The Morgan fingerprint density at radius 3 is 2.17 bits per heavy atom. The molecule has 7 nitrogen and oxygen atoms in total. The number of aromatic nitrogens is 1. The van der Waals surface area contributed by atoms with Crippen LogP contribution >= 0.6 is 11.3 Å². The van der Waals surface area contributed by atoms with E-state index < -0.39 is 10.0 Å². The van der Waals surface area contributed by atoms with E-state index in [-0.39, 0.29) is 10.8 Å². The van der Waals surface area contributed by atoms with Crippen LogP contribution in [0.1, 0.15) is 16.8 Å². The molecule has 0 aliphatic rings. The third-order valence-corrected chi connectivity index (χ3v) is 8.48. The van der Waals surface area contributed by atoms with Gasteiger partial charge in [-0.2, -0.15) is 0 Å². The summed E-state index contributed by atoms with van der Waals surface area (Å²) in [5.74, 6) is -0.205. The lowest BCUT2D eigenvalue weighted by molar-refractivity contribution is 0.0986. The number of rotatable bonds is 9. The Balaban J connectivity index is 1.60. The van der Waals surface area contributed by atoms with Gasteiger partial charge >= 0.3 is 0 Å². The molecule has 0 N–H and O–H groups in total. The highest BCUT2D eigenvalue weighted by molar-refractivity contribution is 7.92. The van der Waals surface area contributed by atoms with E-state index in [1.807, 2.05) is 44.4 Å². The molecule has 35 heavy (non-hydrogen) atoms. The third-order valence-electron chi connectivity index (χ3n) is 5.63. The first kappa shape index (κ1) is 24.8. The molecular formula is C26H28N4O3S2. The number of amides is 1. The average molecular weight is 509 g/mol. The van der Waals surface area contributed by atoms with Gasteiger partial charge in [0.2, 0.25) is 0 Å². The number of sulfonamides is 1. The number of fused-ring (bicyclic) bond motifs is 1. The van der Waals surface area contributed by atoms with Crippen LogP contribution in [0.3, 0.4) is 0 Å². The predicted octanol–water partition coefficient (Wildman–Crippen LogP) is 4.72. The smallest absolute Gasteiger partial charge is 0.264 e. The fraction of sp³-hybridized carbons (Fsp3) is 0.231. The van der Waals surface area contributed by atoms with Gasteiger partial charge in [0, 0.05) is 19.2 Å². The summed E-state index contributed by atoms with van der Waals surface area (Å²) < 4.78 is 28.4. The average Bonchev–Trinajstić information content (AvgIpc) is 3.30. The normalized spacial score (nSPS) is 11.7. The molecule has 9 heteroatoms. The Morgan fingerprint density at radius 1 is 0.857 bits per heavy atom. The van der Waals surface area contributed by atoms with E-state index in [4.69, 9.17) is 0 Å². The highest BCUT2D eigenvalue weighted by Crippen LogP contribution is 2.30. The molecule has 4 aromatic rings. The van der Waals surface area contributed by atoms with E-state index in [1.165, 1.54) is 34.8 Å². The first-order valence-corrected chi connectivity index (χ1v) is 13.5. The maximum Gasteiger partial charge on any atom is 0.264 e. The standard InChI is InChI=1S/C26H28N4O3S2/c1-28(2)18-9-19-30(26-27-23-12-7-8-13-24(23)34-26)25(31)20-14-16-22(17-15-20)35(32,33)29(3)21-10-5-4-6-11-21/h4-8,10-17H,9,18-19H2,1-3H3. The van der Waals surface area contributed by atoms with Gasteiger partial charge in [-0.15, -0.1) is 0 Å². The Bertz CT molecular complexity index is 1370. The van der Waals surface area contributed by atoms with Crippen molar-refractivity contribution < 1.29 is 13.2 Å². The largest absolute Gasteiger partial charge is 0.309 e. The van der Waals surface area contributed by atoms with Crippen LogP contribution in [-0.2, 0) is 10.0 Å². The number of carbonyl (C=O) groups excluding carboxylic acids is 1. The number of carbonyl (C=O) groups is 1. The molecule has 4 rings (SSSR count). The molecule has 0 spiro atoms. The van der Waals surface area contributed by atoms with Crippen molar-refractivity contribution >= 4 is 48.3 Å². The van der Waals surface area contributed by atoms with Gasteiger partial charge in [0.25, 0.3) is 15.9 Å². The molecule has 0 aliphatic carbocycles. The van der Waals surface area contributed by atoms with Gasteiger partial charge < -0.3 is 4.90 Å². The van der Waals surface area contributed by atoms with Crippen molar-refractivity contribution in [2.75, 3.05) is 43.4 Å². The molecule has 0 radical (unpaired) electrons. The second kappa shape index (κ2) is 10.6. The highest BCUT2D eigenvalue weighted by atomic mass is 32.2. The number of thiazole rings is 1. The van der Waals surface area contributed by atoms with Crippen molar-refractivity contribution in [1.29, 1.82) is 0 Å². The number of nitrogens with zero attached hydrogens (tertiary/aromatic N) is 4. The molecule has 1 aromatic heterocycles. The maximum absolute atomic E-state index is 13.5. The quantitative estimate of drug-likeness (QED) is 0.327. The zero-order valence-corrected chi connectivity index (χ0v) is 21.6. The van der Waals surface area contributed by atoms with E-state index in [2.05, 4.69) is 9.88 Å². The zero-order chi connectivity index (χ0) is 25.0. The van der Waals surface area contributed by atoms with Gasteiger partial charge in [0.05, 0.1) is 20.8 Å². The maximum atomic E-state index is 13.5. The Morgan fingerprint density at radius 2 is 1.51 bits per heavy atom. The molecule has 1 amide bonds. The van der Waals surface area contributed by atoms with Crippen LogP contribution in [0.5, 0.6) is 0 Å². The molecule has 0 saturated heterocycles. The minimum Gasteiger partial charge on any atom is -0.309 e. The molecule has 0 saturated carbocycles. The van der Waals surface area contributed by atoms with Gasteiger partial charge in [-0.3, -0.25) is 14.0 Å². The second-order valence-corrected chi connectivity index (χ2v) is 11.4. The van der Waals surface area contributed by atoms with Crippen LogP contribution in [0.2, 0.25) is 0 Å². The van der Waals surface area contributed by atoms with E-state index in [9.17, 15) is 13.2 Å². The third kappa shape index (κ3) is 5.53. The number of para-hydroxylation sites is 2. The van der Waals surface area contributed by atoms with Crippen LogP contribution in [0.25, 0.3) is 10.2 Å². The molecule has 0 unspecified atom stereocenters. The zero-order valence-electron chi connectivity index (χ0n) is 20.0. The Hall–Kier alpha value is -3.27. The molecular weight excluding hydrogens is 480 g/mol. The first-order valence-electron chi connectivity index (χ1n) is 11.2. The number of hydrogen-bond donors (Lipinski definition) is 0. The molecule has 1 heterocycles. The monoisotopic (exact) mass is 508 g/mol. The fourth-order valence-corrected chi connectivity index (χ4v) is 5.85. The number of anilines is 2. The topological polar surface area (TPSA) is 73.8 Å². The highest BCUT2D eigenvalue weighted by Gasteiger charge is 2.24. The van der Waals surface area contributed by atoms with E-state index >= 15 is 0 Å². The van der Waals surface area contributed by atoms with Gasteiger partial charge in [-0.1, -0.05) is 41.7 Å². The summed E-state index contributed by atoms with van der Waals surface area (Å²) in [6.07, 6.45) is 0.781. The summed E-state index contributed by atoms with van der Waals surface area (Å²) in [6, 6.07) is 22.8. The van der Waals surface area contributed by atoms with E-state index in [0.29, 0.717) is 22.9 Å². The van der Waals surface area contributed by atoms with Crippen LogP contribution in [0.15, 0.2) is 83.8 Å². The molecule has 0 bridgehead atoms. The summed E-state index contributed by atoms with van der Waals surface area (Å²) in [7, 11) is 1.75. The van der Waals surface area contributed by atoms with Crippen LogP contribution < -0.4 is 9.21 Å². The first-order chi connectivity index (χ1) is 16.8. The van der Waals surface area contributed by atoms with Crippen molar-refractivity contribution in [2.24, 2.45) is 0 Å². The van der Waals surface area contributed by atoms with Gasteiger partial charge in [-0.05, 0) is 75.6 Å². The fourth-order valence-electron chi connectivity index (χ4n) is 3.66. The number of hydrogen-bond acceptors (Lipinski definition) is 6. The summed E-state index contributed by atoms with van der Waals surface area (Å²) in [6.45, 7) is 1.34. The van der Waals surface area contributed by atoms with Crippen LogP contribution in [0.4, 0.5) is 10.8 Å². The van der Waals surface area contributed by atoms with Crippen molar-refractivity contribution in [3.8, 4) is 0 Å². The molecule has 182 valence electrons.